The van der Waals surface area contributed by atoms with Crippen LogP contribution < -0.4 is 0 Å². The van der Waals surface area contributed by atoms with Gasteiger partial charge >= 0.3 is 0 Å². The second-order valence-electron chi connectivity index (χ2n) is 4.39. The summed E-state index contributed by atoms with van der Waals surface area (Å²) in [6.07, 6.45) is 6.20. The first-order valence-electron chi connectivity index (χ1n) is 5.20. The van der Waals surface area contributed by atoms with E-state index < -0.39 is 0 Å². The minimum absolute atomic E-state index is 0.326. The van der Waals surface area contributed by atoms with Crippen molar-refractivity contribution in [1.29, 1.82) is 0 Å². The SMILES string of the molecule is CC(C)C1=CN(C2CC2)C(=O)CC1. The summed E-state index contributed by atoms with van der Waals surface area (Å²) in [5.41, 5.74) is 1.44. The third-order valence-corrected chi connectivity index (χ3v) is 2.90. The average Bonchev–Trinajstić information content (AvgIpc) is 2.87. The lowest BCUT2D eigenvalue weighted by Gasteiger charge is -2.26. The average molecular weight is 179 g/mol. The van der Waals surface area contributed by atoms with Crippen molar-refractivity contribution in [3.63, 3.8) is 0 Å². The van der Waals surface area contributed by atoms with Gasteiger partial charge in [0.15, 0.2) is 0 Å². The molecule has 2 heteroatoms. The number of hydrogen-bond acceptors (Lipinski definition) is 1. The van der Waals surface area contributed by atoms with E-state index in [1.165, 1.54) is 18.4 Å². The zero-order chi connectivity index (χ0) is 9.42. The number of carbonyl (C=O) groups excluding carboxylic acids is 1. The predicted octanol–water partition coefficient (Wildman–Crippen LogP) is 2.31. The number of rotatable bonds is 2. The van der Waals surface area contributed by atoms with E-state index >= 15 is 0 Å². The number of allylic oxidation sites excluding steroid dienone is 1. The lowest BCUT2D eigenvalue weighted by atomic mass is 9.96. The Kier molecular flexibility index (Phi) is 2.14. The highest BCUT2D eigenvalue weighted by Crippen LogP contribution is 2.32. The van der Waals surface area contributed by atoms with Crippen LogP contribution in [-0.4, -0.2) is 16.8 Å². The summed E-state index contributed by atoms with van der Waals surface area (Å²) in [7, 11) is 0. The second kappa shape index (κ2) is 3.17. The quantitative estimate of drug-likeness (QED) is 0.637. The van der Waals surface area contributed by atoms with Gasteiger partial charge in [-0.2, -0.15) is 0 Å². The Bertz CT molecular complexity index is 251. The maximum atomic E-state index is 11.5. The molecule has 0 atom stereocenters. The molecule has 2 aliphatic rings. The molecular weight excluding hydrogens is 162 g/mol. The zero-order valence-corrected chi connectivity index (χ0v) is 8.42. The highest BCUT2D eigenvalue weighted by molar-refractivity contribution is 5.79. The number of amides is 1. The van der Waals surface area contributed by atoms with Crippen LogP contribution in [0, 0.1) is 5.92 Å². The second-order valence-corrected chi connectivity index (χ2v) is 4.39. The van der Waals surface area contributed by atoms with Crippen molar-refractivity contribution < 1.29 is 4.79 Å². The summed E-state index contributed by atoms with van der Waals surface area (Å²) in [5, 5.41) is 0. The van der Waals surface area contributed by atoms with Gasteiger partial charge in [0.25, 0.3) is 0 Å². The van der Waals surface area contributed by atoms with Gasteiger partial charge in [0.2, 0.25) is 5.91 Å². The first-order valence-corrected chi connectivity index (χ1v) is 5.20. The summed E-state index contributed by atoms with van der Waals surface area (Å²) < 4.78 is 0. The molecule has 1 heterocycles. The summed E-state index contributed by atoms with van der Waals surface area (Å²) >= 11 is 0. The van der Waals surface area contributed by atoms with E-state index in [0.717, 1.165) is 12.8 Å². The fraction of sp³-hybridized carbons (Fsp3) is 0.727. The van der Waals surface area contributed by atoms with Crippen molar-refractivity contribution in [2.45, 2.75) is 45.6 Å². The summed E-state index contributed by atoms with van der Waals surface area (Å²) in [6.45, 7) is 4.40. The molecule has 1 aliphatic heterocycles. The van der Waals surface area contributed by atoms with E-state index in [9.17, 15) is 4.79 Å². The maximum Gasteiger partial charge on any atom is 0.227 e. The molecular formula is C11H17NO. The van der Waals surface area contributed by atoms with Gasteiger partial charge in [0.05, 0.1) is 0 Å². The molecule has 2 rings (SSSR count). The Balaban J connectivity index is 2.13. The molecule has 1 saturated carbocycles. The third kappa shape index (κ3) is 1.77. The van der Waals surface area contributed by atoms with Crippen molar-refractivity contribution in [3.05, 3.63) is 11.8 Å². The molecule has 0 bridgehead atoms. The molecule has 0 saturated heterocycles. The fourth-order valence-corrected chi connectivity index (χ4v) is 1.80. The van der Waals surface area contributed by atoms with Crippen LogP contribution in [0.25, 0.3) is 0 Å². The van der Waals surface area contributed by atoms with Crippen LogP contribution in [-0.2, 0) is 4.79 Å². The molecule has 0 N–H and O–H groups in total. The van der Waals surface area contributed by atoms with Crippen LogP contribution >= 0.6 is 0 Å². The molecule has 0 spiro atoms. The zero-order valence-electron chi connectivity index (χ0n) is 8.42. The number of nitrogens with zero attached hydrogens (tertiary/aromatic N) is 1. The van der Waals surface area contributed by atoms with Gasteiger partial charge in [-0.25, -0.2) is 0 Å². The third-order valence-electron chi connectivity index (χ3n) is 2.90. The lowest BCUT2D eigenvalue weighted by Crippen LogP contribution is -2.31. The van der Waals surface area contributed by atoms with Crippen LogP contribution in [0.4, 0.5) is 0 Å². The Morgan fingerprint density at radius 1 is 1.38 bits per heavy atom. The molecule has 0 aromatic carbocycles. The molecule has 0 radical (unpaired) electrons. The molecule has 13 heavy (non-hydrogen) atoms. The van der Waals surface area contributed by atoms with Crippen molar-refractivity contribution in [2.75, 3.05) is 0 Å². The Morgan fingerprint density at radius 2 is 2.08 bits per heavy atom. The van der Waals surface area contributed by atoms with Gasteiger partial charge in [0, 0.05) is 18.7 Å². The Labute approximate surface area is 79.6 Å². The highest BCUT2D eigenvalue weighted by Gasteiger charge is 2.33. The van der Waals surface area contributed by atoms with E-state index in [1.54, 1.807) is 0 Å². The van der Waals surface area contributed by atoms with Crippen LogP contribution in [0.1, 0.15) is 39.5 Å². The first kappa shape index (κ1) is 8.79. The minimum atomic E-state index is 0.326. The van der Waals surface area contributed by atoms with Gasteiger partial charge in [-0.15, -0.1) is 0 Å². The predicted molar refractivity (Wildman–Crippen MR) is 52.0 cm³/mol. The maximum absolute atomic E-state index is 11.5. The van der Waals surface area contributed by atoms with E-state index in [4.69, 9.17) is 0 Å². The van der Waals surface area contributed by atoms with Crippen molar-refractivity contribution >= 4 is 5.91 Å². The van der Waals surface area contributed by atoms with Crippen LogP contribution in [0.3, 0.4) is 0 Å². The van der Waals surface area contributed by atoms with Gasteiger partial charge in [0.1, 0.15) is 0 Å². The van der Waals surface area contributed by atoms with Crippen LogP contribution in [0.5, 0.6) is 0 Å². The standard InChI is InChI=1S/C11H17NO/c1-8(2)9-3-6-11(13)12(7-9)10-4-5-10/h7-8,10H,3-6H2,1-2H3. The lowest BCUT2D eigenvalue weighted by molar-refractivity contribution is -0.129. The molecule has 2 nitrogen and oxygen atoms in total. The van der Waals surface area contributed by atoms with Gasteiger partial charge in [-0.05, 0) is 25.2 Å². The van der Waals surface area contributed by atoms with E-state index in [2.05, 4.69) is 20.0 Å². The molecule has 72 valence electrons. The topological polar surface area (TPSA) is 20.3 Å². The largest absolute Gasteiger partial charge is 0.316 e. The molecule has 1 amide bonds. The van der Waals surface area contributed by atoms with Crippen molar-refractivity contribution in [2.24, 2.45) is 5.92 Å². The summed E-state index contributed by atoms with van der Waals surface area (Å²) in [4.78, 5) is 13.5. The first-order chi connectivity index (χ1) is 6.18. The molecule has 1 fully saturated rings. The monoisotopic (exact) mass is 179 g/mol. The van der Waals surface area contributed by atoms with E-state index in [-0.39, 0.29) is 0 Å². The molecule has 0 aromatic rings. The van der Waals surface area contributed by atoms with Crippen molar-refractivity contribution in [3.8, 4) is 0 Å². The minimum Gasteiger partial charge on any atom is -0.316 e. The van der Waals surface area contributed by atoms with Crippen LogP contribution in [0.15, 0.2) is 11.8 Å². The molecule has 1 aliphatic carbocycles. The number of carbonyl (C=O) groups is 1. The highest BCUT2D eigenvalue weighted by atomic mass is 16.2. The Hall–Kier alpha value is -0.790. The van der Waals surface area contributed by atoms with Crippen molar-refractivity contribution in [1.82, 2.24) is 4.90 Å². The van der Waals surface area contributed by atoms with Gasteiger partial charge in [-0.3, -0.25) is 4.79 Å². The van der Waals surface area contributed by atoms with Gasteiger partial charge in [-0.1, -0.05) is 19.4 Å². The van der Waals surface area contributed by atoms with Crippen LogP contribution in [0.2, 0.25) is 0 Å². The van der Waals surface area contributed by atoms with E-state index in [0.29, 0.717) is 17.9 Å². The normalized spacial score (nSPS) is 23.8. The summed E-state index contributed by atoms with van der Waals surface area (Å²) in [5.74, 6) is 0.918. The fourth-order valence-electron chi connectivity index (χ4n) is 1.80. The van der Waals surface area contributed by atoms with E-state index in [1.807, 2.05) is 4.90 Å². The smallest absolute Gasteiger partial charge is 0.227 e. The molecule has 0 unspecified atom stereocenters. The van der Waals surface area contributed by atoms with Gasteiger partial charge < -0.3 is 4.90 Å². The number of hydrogen-bond donors (Lipinski definition) is 0. The summed E-state index contributed by atoms with van der Waals surface area (Å²) in [6, 6.07) is 0.543. The Morgan fingerprint density at radius 3 is 2.62 bits per heavy atom. The molecule has 0 aromatic heterocycles.